The van der Waals surface area contributed by atoms with Gasteiger partial charge in [-0.25, -0.2) is 15.1 Å². The van der Waals surface area contributed by atoms with Gasteiger partial charge in [-0.2, -0.15) is 0 Å². The van der Waals surface area contributed by atoms with Crippen LogP contribution in [0, 0.1) is 0 Å². The number of likely N-dealkylation sites (tertiary alicyclic amines) is 1. The fourth-order valence-corrected chi connectivity index (χ4v) is 5.64. The minimum absolute atomic E-state index is 0.0148. The Hall–Kier alpha value is -3.43. The summed E-state index contributed by atoms with van der Waals surface area (Å²) in [5, 5.41) is 0. The second kappa shape index (κ2) is 11.0. The summed E-state index contributed by atoms with van der Waals surface area (Å²) in [7, 11) is 0. The lowest BCUT2D eigenvalue weighted by Crippen LogP contribution is -2.52. The Morgan fingerprint density at radius 1 is 1.05 bits per heavy atom. The molecule has 2 saturated heterocycles. The first kappa shape index (κ1) is 27.1. The summed E-state index contributed by atoms with van der Waals surface area (Å²) in [6, 6.07) is 15.0. The molecule has 0 aromatic heterocycles. The van der Waals surface area contributed by atoms with Crippen molar-refractivity contribution in [3.05, 3.63) is 70.8 Å². The molecule has 3 aliphatic rings. The maximum atomic E-state index is 13.6. The summed E-state index contributed by atoms with van der Waals surface area (Å²) < 4.78 is 11.1. The van der Waals surface area contributed by atoms with Crippen LogP contribution in [0.15, 0.2) is 48.5 Å². The monoisotopic (exact) mass is 535 g/mol. The maximum absolute atomic E-state index is 13.6. The van der Waals surface area contributed by atoms with Gasteiger partial charge in [0.1, 0.15) is 5.60 Å². The van der Waals surface area contributed by atoms with Gasteiger partial charge in [0.15, 0.2) is 6.29 Å². The third-order valence-electron chi connectivity index (χ3n) is 7.64. The van der Waals surface area contributed by atoms with Gasteiger partial charge in [-0.05, 0) is 75.8 Å². The SMILES string of the molecule is CC(C)(C)OC(=O)N1CCC2(CC1)c1ccccc1C(=O)N2Cc1ccc(C(=O)NOC2CCCCO2)cc1. The Labute approximate surface area is 229 Å². The Morgan fingerprint density at radius 2 is 1.77 bits per heavy atom. The van der Waals surface area contributed by atoms with Crippen LogP contribution in [-0.4, -0.2) is 59.3 Å². The summed E-state index contributed by atoms with van der Waals surface area (Å²) in [5.41, 5.74) is 4.52. The maximum Gasteiger partial charge on any atom is 0.410 e. The van der Waals surface area contributed by atoms with Gasteiger partial charge in [0, 0.05) is 43.8 Å². The van der Waals surface area contributed by atoms with E-state index >= 15 is 0 Å². The van der Waals surface area contributed by atoms with Crippen LogP contribution in [0.5, 0.6) is 0 Å². The zero-order valence-electron chi connectivity index (χ0n) is 22.9. The van der Waals surface area contributed by atoms with Gasteiger partial charge in [0.2, 0.25) is 0 Å². The molecule has 3 aliphatic heterocycles. The molecule has 1 unspecified atom stereocenters. The van der Waals surface area contributed by atoms with Crippen LogP contribution in [0.1, 0.15) is 84.7 Å². The number of nitrogens with zero attached hydrogens (tertiary/aromatic N) is 2. The van der Waals surface area contributed by atoms with Crippen molar-refractivity contribution in [1.29, 1.82) is 0 Å². The molecule has 0 saturated carbocycles. The Balaban J connectivity index is 1.28. The number of nitrogens with one attached hydrogen (secondary N) is 1. The van der Waals surface area contributed by atoms with Gasteiger partial charge in [-0.3, -0.25) is 9.59 Å². The Morgan fingerprint density at radius 3 is 2.44 bits per heavy atom. The molecule has 3 heterocycles. The standard InChI is InChI=1S/C30H37N3O6/c1-29(2,3)38-28(36)32-17-15-30(16-18-32)24-9-5-4-8-23(24)27(35)33(30)20-21-11-13-22(14-12-21)26(34)31-39-25-10-6-7-19-37-25/h4-5,8-9,11-14,25H,6-7,10,15-20H2,1-3H3,(H,31,34). The number of carbonyl (C=O) groups excluding carboxylic acids is 3. The average molecular weight is 536 g/mol. The van der Waals surface area contributed by atoms with Crippen LogP contribution in [0.4, 0.5) is 4.79 Å². The third kappa shape index (κ3) is 5.79. The zero-order chi connectivity index (χ0) is 27.6. The second-order valence-corrected chi connectivity index (χ2v) is 11.5. The van der Waals surface area contributed by atoms with E-state index in [0.29, 0.717) is 50.2 Å². The van der Waals surface area contributed by atoms with E-state index in [-0.39, 0.29) is 17.9 Å². The molecule has 2 aromatic carbocycles. The molecule has 3 amide bonds. The molecule has 208 valence electrons. The van der Waals surface area contributed by atoms with Gasteiger partial charge >= 0.3 is 6.09 Å². The van der Waals surface area contributed by atoms with Crippen molar-refractivity contribution in [3.8, 4) is 0 Å². The molecular weight excluding hydrogens is 498 g/mol. The summed E-state index contributed by atoms with van der Waals surface area (Å²) in [5.74, 6) is -0.356. The molecule has 0 bridgehead atoms. The van der Waals surface area contributed by atoms with E-state index in [0.717, 1.165) is 30.4 Å². The second-order valence-electron chi connectivity index (χ2n) is 11.5. The van der Waals surface area contributed by atoms with E-state index < -0.39 is 17.4 Å². The van der Waals surface area contributed by atoms with Crippen molar-refractivity contribution in [3.63, 3.8) is 0 Å². The molecule has 0 aliphatic carbocycles. The number of piperidine rings is 1. The Kier molecular flexibility index (Phi) is 7.64. The third-order valence-corrected chi connectivity index (χ3v) is 7.64. The van der Waals surface area contributed by atoms with Gasteiger partial charge in [0.05, 0.1) is 5.54 Å². The number of fused-ring (bicyclic) bond motifs is 2. The lowest BCUT2D eigenvalue weighted by Gasteiger charge is -2.45. The molecule has 2 fully saturated rings. The number of hydrogen-bond acceptors (Lipinski definition) is 6. The van der Waals surface area contributed by atoms with E-state index in [1.54, 1.807) is 17.0 Å². The van der Waals surface area contributed by atoms with Gasteiger partial charge in [-0.15, -0.1) is 0 Å². The first-order valence-electron chi connectivity index (χ1n) is 13.7. The van der Waals surface area contributed by atoms with Crippen molar-refractivity contribution >= 4 is 17.9 Å². The highest BCUT2D eigenvalue weighted by atomic mass is 16.8. The number of rotatable bonds is 5. The minimum atomic E-state index is -0.562. The normalized spacial score (nSPS) is 20.6. The van der Waals surface area contributed by atoms with E-state index in [1.165, 1.54) is 0 Å². The predicted octanol–water partition coefficient (Wildman–Crippen LogP) is 4.76. The van der Waals surface area contributed by atoms with Crippen molar-refractivity contribution in [2.75, 3.05) is 19.7 Å². The van der Waals surface area contributed by atoms with Gasteiger partial charge in [-0.1, -0.05) is 30.3 Å². The molecule has 1 N–H and O–H groups in total. The summed E-state index contributed by atoms with van der Waals surface area (Å²) in [6.07, 6.45) is 3.27. The molecule has 2 aromatic rings. The quantitative estimate of drug-likeness (QED) is 0.555. The molecule has 9 heteroatoms. The number of ether oxygens (including phenoxy) is 2. The highest BCUT2D eigenvalue weighted by Crippen LogP contribution is 2.47. The summed E-state index contributed by atoms with van der Waals surface area (Å²) in [4.78, 5) is 47.9. The largest absolute Gasteiger partial charge is 0.444 e. The predicted molar refractivity (Wildman–Crippen MR) is 144 cm³/mol. The van der Waals surface area contributed by atoms with E-state index in [2.05, 4.69) is 5.48 Å². The van der Waals surface area contributed by atoms with Gasteiger partial charge in [0.25, 0.3) is 11.8 Å². The van der Waals surface area contributed by atoms with Gasteiger partial charge < -0.3 is 19.3 Å². The van der Waals surface area contributed by atoms with Crippen molar-refractivity contribution in [2.45, 2.75) is 76.9 Å². The lowest BCUT2D eigenvalue weighted by molar-refractivity contribution is -0.186. The van der Waals surface area contributed by atoms with Crippen LogP contribution < -0.4 is 5.48 Å². The van der Waals surface area contributed by atoms with E-state index in [4.69, 9.17) is 14.3 Å². The fourth-order valence-electron chi connectivity index (χ4n) is 5.64. The van der Waals surface area contributed by atoms with Crippen LogP contribution in [0.2, 0.25) is 0 Å². The fraction of sp³-hybridized carbons (Fsp3) is 0.500. The molecular formula is C30H37N3O6. The number of benzene rings is 2. The number of hydroxylamine groups is 1. The first-order chi connectivity index (χ1) is 18.7. The van der Waals surface area contributed by atoms with E-state index in [9.17, 15) is 14.4 Å². The van der Waals surface area contributed by atoms with E-state index in [1.807, 2.05) is 62.1 Å². The zero-order valence-corrected chi connectivity index (χ0v) is 22.9. The molecule has 0 radical (unpaired) electrons. The smallest absolute Gasteiger partial charge is 0.410 e. The van der Waals surface area contributed by atoms with Crippen LogP contribution in [-0.2, 0) is 26.4 Å². The molecule has 1 atom stereocenters. The minimum Gasteiger partial charge on any atom is -0.444 e. The molecule has 39 heavy (non-hydrogen) atoms. The van der Waals surface area contributed by atoms with Crippen LogP contribution in [0.3, 0.4) is 0 Å². The lowest BCUT2D eigenvalue weighted by atomic mass is 9.80. The molecule has 9 nitrogen and oxygen atoms in total. The van der Waals surface area contributed by atoms with Crippen LogP contribution >= 0.6 is 0 Å². The number of carbonyl (C=O) groups is 3. The summed E-state index contributed by atoms with van der Waals surface area (Å²) in [6.45, 7) is 7.60. The van der Waals surface area contributed by atoms with Crippen molar-refractivity contribution in [2.24, 2.45) is 0 Å². The number of amides is 3. The molecule has 1 spiro atoms. The highest BCUT2D eigenvalue weighted by molar-refractivity contribution is 6.00. The van der Waals surface area contributed by atoms with Crippen molar-refractivity contribution in [1.82, 2.24) is 15.3 Å². The van der Waals surface area contributed by atoms with Crippen molar-refractivity contribution < 1.29 is 28.7 Å². The highest BCUT2D eigenvalue weighted by Gasteiger charge is 2.51. The first-order valence-corrected chi connectivity index (χ1v) is 13.7. The Bertz CT molecular complexity index is 1210. The number of hydrogen-bond donors (Lipinski definition) is 1. The summed E-state index contributed by atoms with van der Waals surface area (Å²) >= 11 is 0. The topological polar surface area (TPSA) is 97.4 Å². The molecule has 5 rings (SSSR count). The van der Waals surface area contributed by atoms with Crippen LogP contribution in [0.25, 0.3) is 0 Å². The average Bonchev–Trinajstić information content (AvgIpc) is 3.15.